The Morgan fingerprint density at radius 2 is 2.05 bits per heavy atom. The molecule has 1 aliphatic rings. The molecule has 1 aliphatic heterocycles. The minimum Gasteiger partial charge on any atom is -0.481 e. The minimum absolute atomic E-state index is 0.0732. The first-order valence-corrected chi connectivity index (χ1v) is 6.40. The van der Waals surface area contributed by atoms with Crippen LogP contribution >= 0.6 is 0 Å². The molecule has 1 aromatic carbocycles. The zero-order chi connectivity index (χ0) is 14.7. The first-order valence-electron chi connectivity index (χ1n) is 6.40. The van der Waals surface area contributed by atoms with Crippen molar-refractivity contribution in [3.63, 3.8) is 0 Å². The van der Waals surface area contributed by atoms with Crippen molar-refractivity contribution in [1.29, 1.82) is 0 Å². The molecule has 6 nitrogen and oxygen atoms in total. The lowest BCUT2D eigenvalue weighted by atomic mass is 10.1. The predicted octanol–water partition coefficient (Wildman–Crippen LogP) is 1.40. The van der Waals surface area contributed by atoms with Crippen LogP contribution in [-0.4, -0.2) is 29.4 Å². The number of para-hydroxylation sites is 1. The highest BCUT2D eigenvalue weighted by atomic mass is 16.4. The molecule has 2 N–H and O–H groups in total. The first-order chi connectivity index (χ1) is 9.49. The van der Waals surface area contributed by atoms with Gasteiger partial charge in [0.25, 0.3) is 0 Å². The van der Waals surface area contributed by atoms with E-state index in [0.29, 0.717) is 12.2 Å². The van der Waals surface area contributed by atoms with Gasteiger partial charge in [0.15, 0.2) is 0 Å². The number of nitrogens with zero attached hydrogens (tertiary/aromatic N) is 1. The van der Waals surface area contributed by atoms with Gasteiger partial charge in [-0.2, -0.15) is 0 Å². The smallest absolute Gasteiger partial charge is 0.303 e. The monoisotopic (exact) mass is 276 g/mol. The largest absolute Gasteiger partial charge is 0.481 e. The van der Waals surface area contributed by atoms with Gasteiger partial charge in [0, 0.05) is 19.9 Å². The van der Waals surface area contributed by atoms with E-state index in [-0.39, 0.29) is 24.7 Å². The molecule has 0 aliphatic carbocycles. The van der Waals surface area contributed by atoms with Gasteiger partial charge in [-0.3, -0.25) is 14.4 Å². The van der Waals surface area contributed by atoms with Crippen LogP contribution in [0.5, 0.6) is 0 Å². The predicted molar refractivity (Wildman–Crippen MR) is 73.7 cm³/mol. The zero-order valence-corrected chi connectivity index (χ0v) is 11.2. The summed E-state index contributed by atoms with van der Waals surface area (Å²) in [5, 5.41) is 11.3. The van der Waals surface area contributed by atoms with Gasteiger partial charge in [-0.05, 0) is 18.1 Å². The average Bonchev–Trinajstić information content (AvgIpc) is 2.81. The Morgan fingerprint density at radius 1 is 1.30 bits per heavy atom. The number of carboxylic acid groups (broad SMARTS) is 1. The maximum absolute atomic E-state index is 11.7. The summed E-state index contributed by atoms with van der Waals surface area (Å²) >= 11 is 0. The molecule has 6 heteroatoms. The number of rotatable bonds is 4. The molecule has 1 aromatic rings. The standard InChI is InChI=1S/C14H16N2O4/c1-9(17)16-8-7-10-3-2-4-11(14(10)16)15-12(18)5-6-13(19)20/h2-4H,5-8H2,1H3,(H,15,18)(H,19,20). The van der Waals surface area contributed by atoms with Gasteiger partial charge in [0.1, 0.15) is 0 Å². The van der Waals surface area contributed by atoms with Crippen LogP contribution in [0.1, 0.15) is 25.3 Å². The second-order valence-corrected chi connectivity index (χ2v) is 4.68. The van der Waals surface area contributed by atoms with Crippen LogP contribution in [0.15, 0.2) is 18.2 Å². The van der Waals surface area contributed by atoms with Gasteiger partial charge in [0.05, 0.1) is 17.8 Å². The third-order valence-corrected chi connectivity index (χ3v) is 3.21. The fourth-order valence-electron chi connectivity index (χ4n) is 2.30. The number of aliphatic carboxylic acids is 1. The average molecular weight is 276 g/mol. The highest BCUT2D eigenvalue weighted by Crippen LogP contribution is 2.35. The number of fused-ring (bicyclic) bond motifs is 1. The van der Waals surface area contributed by atoms with Gasteiger partial charge in [-0.25, -0.2) is 0 Å². The van der Waals surface area contributed by atoms with Crippen LogP contribution < -0.4 is 10.2 Å². The molecule has 0 bridgehead atoms. The van der Waals surface area contributed by atoms with E-state index in [0.717, 1.165) is 17.7 Å². The van der Waals surface area contributed by atoms with Crippen molar-refractivity contribution in [2.75, 3.05) is 16.8 Å². The molecule has 0 saturated carbocycles. The van der Waals surface area contributed by atoms with Gasteiger partial charge in [-0.15, -0.1) is 0 Å². The van der Waals surface area contributed by atoms with Crippen LogP contribution in [0.25, 0.3) is 0 Å². The van der Waals surface area contributed by atoms with Crippen molar-refractivity contribution in [2.45, 2.75) is 26.2 Å². The van der Waals surface area contributed by atoms with Crippen molar-refractivity contribution in [2.24, 2.45) is 0 Å². The highest BCUT2D eigenvalue weighted by Gasteiger charge is 2.25. The Labute approximate surface area is 116 Å². The van der Waals surface area contributed by atoms with E-state index >= 15 is 0 Å². The second kappa shape index (κ2) is 5.73. The molecule has 0 aromatic heterocycles. The SMILES string of the molecule is CC(=O)N1CCc2cccc(NC(=O)CCC(=O)O)c21. The number of benzene rings is 1. The summed E-state index contributed by atoms with van der Waals surface area (Å²) in [5.74, 6) is -1.45. The van der Waals surface area contributed by atoms with Crippen molar-refractivity contribution in [3.8, 4) is 0 Å². The molecule has 2 rings (SSSR count). The van der Waals surface area contributed by atoms with E-state index in [2.05, 4.69) is 5.32 Å². The van der Waals surface area contributed by atoms with Crippen molar-refractivity contribution >= 4 is 29.2 Å². The van der Waals surface area contributed by atoms with Crippen molar-refractivity contribution < 1.29 is 19.5 Å². The lowest BCUT2D eigenvalue weighted by Crippen LogP contribution is -2.27. The number of carbonyl (C=O) groups is 3. The Hall–Kier alpha value is -2.37. The minimum atomic E-state index is -1.01. The lowest BCUT2D eigenvalue weighted by Gasteiger charge is -2.19. The summed E-state index contributed by atoms with van der Waals surface area (Å²) in [6.07, 6.45) is 0.462. The molecule has 1 heterocycles. The van der Waals surface area contributed by atoms with E-state index < -0.39 is 5.97 Å². The molecule has 106 valence electrons. The van der Waals surface area contributed by atoms with Crippen LogP contribution in [0.4, 0.5) is 11.4 Å². The number of anilines is 2. The quantitative estimate of drug-likeness (QED) is 0.870. The van der Waals surface area contributed by atoms with Crippen LogP contribution in [0, 0.1) is 0 Å². The Morgan fingerprint density at radius 3 is 2.70 bits per heavy atom. The van der Waals surface area contributed by atoms with Crippen molar-refractivity contribution in [1.82, 2.24) is 0 Å². The molecule has 0 atom stereocenters. The first kappa shape index (κ1) is 14.0. The van der Waals surface area contributed by atoms with Crippen LogP contribution in [-0.2, 0) is 20.8 Å². The molecule has 0 fully saturated rings. The molecule has 0 saturated heterocycles. The zero-order valence-electron chi connectivity index (χ0n) is 11.2. The normalized spacial score (nSPS) is 12.9. The maximum Gasteiger partial charge on any atom is 0.303 e. The molecular weight excluding hydrogens is 260 g/mol. The number of hydrogen-bond donors (Lipinski definition) is 2. The second-order valence-electron chi connectivity index (χ2n) is 4.68. The fourth-order valence-corrected chi connectivity index (χ4v) is 2.30. The lowest BCUT2D eigenvalue weighted by molar-refractivity contribution is -0.138. The summed E-state index contributed by atoms with van der Waals surface area (Å²) in [6, 6.07) is 5.46. The van der Waals surface area contributed by atoms with Crippen LogP contribution in [0.3, 0.4) is 0 Å². The van der Waals surface area contributed by atoms with Gasteiger partial charge >= 0.3 is 5.97 Å². The van der Waals surface area contributed by atoms with E-state index in [4.69, 9.17) is 5.11 Å². The number of nitrogens with one attached hydrogen (secondary N) is 1. The number of carboxylic acids is 1. The topological polar surface area (TPSA) is 86.7 Å². The van der Waals surface area contributed by atoms with E-state index in [9.17, 15) is 14.4 Å². The third kappa shape index (κ3) is 2.96. The van der Waals surface area contributed by atoms with E-state index in [1.54, 1.807) is 11.0 Å². The van der Waals surface area contributed by atoms with E-state index in [1.807, 2.05) is 12.1 Å². The maximum atomic E-state index is 11.7. The van der Waals surface area contributed by atoms with Crippen molar-refractivity contribution in [3.05, 3.63) is 23.8 Å². The Balaban J connectivity index is 2.17. The van der Waals surface area contributed by atoms with Crippen LogP contribution in [0.2, 0.25) is 0 Å². The van der Waals surface area contributed by atoms with Gasteiger partial charge in [0.2, 0.25) is 11.8 Å². The number of hydrogen-bond acceptors (Lipinski definition) is 3. The summed E-state index contributed by atoms with van der Waals surface area (Å²) in [7, 11) is 0. The molecule has 20 heavy (non-hydrogen) atoms. The summed E-state index contributed by atoms with van der Waals surface area (Å²) in [5.41, 5.74) is 2.30. The number of amides is 2. The summed E-state index contributed by atoms with van der Waals surface area (Å²) in [4.78, 5) is 35.4. The van der Waals surface area contributed by atoms with Gasteiger partial charge in [-0.1, -0.05) is 12.1 Å². The molecule has 0 spiro atoms. The Kier molecular flexibility index (Phi) is 4.02. The number of carbonyl (C=O) groups excluding carboxylic acids is 2. The molecule has 0 radical (unpaired) electrons. The Bertz CT molecular complexity index is 568. The molecule has 0 unspecified atom stereocenters. The molecule has 2 amide bonds. The molecular formula is C14H16N2O4. The van der Waals surface area contributed by atoms with E-state index in [1.165, 1.54) is 6.92 Å². The van der Waals surface area contributed by atoms with Gasteiger partial charge < -0.3 is 15.3 Å². The third-order valence-electron chi connectivity index (χ3n) is 3.21. The summed E-state index contributed by atoms with van der Waals surface area (Å²) < 4.78 is 0. The summed E-state index contributed by atoms with van der Waals surface area (Å²) in [6.45, 7) is 2.09. The highest BCUT2D eigenvalue weighted by molar-refractivity contribution is 6.02. The fraction of sp³-hybridized carbons (Fsp3) is 0.357.